The summed E-state index contributed by atoms with van der Waals surface area (Å²) in [6.45, 7) is 4.22. The SMILES string of the molecule is Cc1cc(C(=O)N[C@H](C)C23CC4CC(CC(C4)C2)C3)c2ccccc2n1. The molecule has 0 saturated heterocycles. The molecule has 1 atom stereocenters. The first-order chi connectivity index (χ1) is 12.5. The average molecular weight is 348 g/mol. The molecule has 0 aliphatic heterocycles. The van der Waals surface area contributed by atoms with E-state index in [4.69, 9.17) is 0 Å². The van der Waals surface area contributed by atoms with Crippen molar-refractivity contribution in [2.75, 3.05) is 0 Å². The van der Waals surface area contributed by atoms with Gasteiger partial charge in [-0.15, -0.1) is 0 Å². The minimum Gasteiger partial charge on any atom is -0.349 e. The van der Waals surface area contributed by atoms with Gasteiger partial charge in [0.1, 0.15) is 0 Å². The molecular weight excluding hydrogens is 320 g/mol. The molecule has 26 heavy (non-hydrogen) atoms. The van der Waals surface area contributed by atoms with Gasteiger partial charge in [-0.1, -0.05) is 18.2 Å². The van der Waals surface area contributed by atoms with E-state index >= 15 is 0 Å². The number of fused-ring (bicyclic) bond motifs is 1. The number of benzene rings is 1. The Morgan fingerprint density at radius 1 is 1.12 bits per heavy atom. The number of rotatable bonds is 3. The largest absolute Gasteiger partial charge is 0.349 e. The van der Waals surface area contributed by atoms with Crippen molar-refractivity contribution in [1.29, 1.82) is 0 Å². The molecule has 0 spiro atoms. The number of pyridine rings is 1. The summed E-state index contributed by atoms with van der Waals surface area (Å²) in [4.78, 5) is 17.7. The lowest BCUT2D eigenvalue weighted by Gasteiger charge is -2.59. The van der Waals surface area contributed by atoms with Gasteiger partial charge < -0.3 is 5.32 Å². The lowest BCUT2D eigenvalue weighted by atomic mass is 9.48. The first-order valence-corrected chi connectivity index (χ1v) is 10.2. The van der Waals surface area contributed by atoms with Gasteiger partial charge in [-0.05, 0) is 87.7 Å². The molecule has 1 heterocycles. The molecule has 1 amide bonds. The molecule has 4 fully saturated rings. The van der Waals surface area contributed by atoms with Crippen LogP contribution in [-0.2, 0) is 0 Å². The van der Waals surface area contributed by atoms with Crippen molar-refractivity contribution in [2.45, 2.75) is 58.4 Å². The van der Waals surface area contributed by atoms with Crippen LogP contribution in [0.3, 0.4) is 0 Å². The summed E-state index contributed by atoms with van der Waals surface area (Å²) in [6, 6.07) is 10.1. The smallest absolute Gasteiger partial charge is 0.252 e. The molecule has 4 saturated carbocycles. The fourth-order valence-electron chi connectivity index (χ4n) is 6.63. The molecule has 136 valence electrons. The summed E-state index contributed by atoms with van der Waals surface area (Å²) in [5.41, 5.74) is 2.91. The molecule has 3 heteroatoms. The minimum absolute atomic E-state index is 0.0648. The van der Waals surface area contributed by atoms with Crippen molar-refractivity contribution in [3.63, 3.8) is 0 Å². The third kappa shape index (κ3) is 2.55. The fourth-order valence-corrected chi connectivity index (χ4v) is 6.63. The number of amides is 1. The van der Waals surface area contributed by atoms with Crippen molar-refractivity contribution in [3.8, 4) is 0 Å². The molecule has 1 aromatic heterocycles. The highest BCUT2D eigenvalue weighted by atomic mass is 16.1. The van der Waals surface area contributed by atoms with E-state index in [9.17, 15) is 4.79 Å². The van der Waals surface area contributed by atoms with Gasteiger partial charge in [-0.25, -0.2) is 0 Å². The molecule has 2 aromatic rings. The highest BCUT2D eigenvalue weighted by Gasteiger charge is 2.53. The maximum atomic E-state index is 13.2. The molecule has 1 N–H and O–H groups in total. The predicted molar refractivity (Wildman–Crippen MR) is 104 cm³/mol. The molecule has 3 nitrogen and oxygen atoms in total. The quantitative estimate of drug-likeness (QED) is 0.859. The van der Waals surface area contributed by atoms with Crippen LogP contribution in [0.2, 0.25) is 0 Å². The van der Waals surface area contributed by atoms with Crippen LogP contribution in [0.25, 0.3) is 10.9 Å². The van der Waals surface area contributed by atoms with E-state index in [0.29, 0.717) is 5.41 Å². The van der Waals surface area contributed by atoms with Crippen molar-refractivity contribution in [2.24, 2.45) is 23.2 Å². The Bertz CT molecular complexity index is 836. The second-order valence-electron chi connectivity index (χ2n) is 9.30. The third-order valence-electron chi connectivity index (χ3n) is 7.44. The van der Waals surface area contributed by atoms with Crippen molar-refractivity contribution < 1.29 is 4.79 Å². The summed E-state index contributed by atoms with van der Waals surface area (Å²) >= 11 is 0. The lowest BCUT2D eigenvalue weighted by Crippen LogP contribution is -2.55. The Morgan fingerprint density at radius 3 is 2.38 bits per heavy atom. The van der Waals surface area contributed by atoms with Crippen LogP contribution in [0.15, 0.2) is 30.3 Å². The number of carbonyl (C=O) groups is 1. The van der Waals surface area contributed by atoms with Gasteiger partial charge in [-0.3, -0.25) is 9.78 Å². The van der Waals surface area contributed by atoms with E-state index in [1.165, 1.54) is 38.5 Å². The Morgan fingerprint density at radius 2 is 1.73 bits per heavy atom. The van der Waals surface area contributed by atoms with E-state index in [-0.39, 0.29) is 11.9 Å². The highest BCUT2D eigenvalue weighted by Crippen LogP contribution is 2.61. The Hall–Kier alpha value is -1.90. The molecule has 0 radical (unpaired) electrons. The number of hydrogen-bond donors (Lipinski definition) is 1. The number of para-hydroxylation sites is 1. The number of carbonyl (C=O) groups excluding carboxylic acids is 1. The van der Waals surface area contributed by atoms with Gasteiger partial charge in [0.05, 0.1) is 11.1 Å². The molecule has 4 aliphatic rings. The molecule has 6 rings (SSSR count). The van der Waals surface area contributed by atoms with Crippen LogP contribution < -0.4 is 5.32 Å². The zero-order chi connectivity index (χ0) is 17.9. The van der Waals surface area contributed by atoms with Crippen LogP contribution >= 0.6 is 0 Å². The Balaban J connectivity index is 1.42. The highest BCUT2D eigenvalue weighted by molar-refractivity contribution is 6.06. The summed E-state index contributed by atoms with van der Waals surface area (Å²) in [5.74, 6) is 2.79. The van der Waals surface area contributed by atoms with E-state index in [1.807, 2.05) is 37.3 Å². The standard InChI is InChI=1S/C23H28N2O/c1-14-7-20(19-5-3-4-6-21(19)24-14)22(26)25-15(2)23-11-16-8-17(12-23)10-18(9-16)13-23/h3-7,15-18H,8-13H2,1-2H3,(H,25,26)/t15-,16?,17?,18?,23?/m1/s1. The van der Waals surface area contributed by atoms with E-state index in [0.717, 1.165) is 39.9 Å². The van der Waals surface area contributed by atoms with Crippen LogP contribution in [0.1, 0.15) is 61.5 Å². The molecule has 4 aliphatic carbocycles. The van der Waals surface area contributed by atoms with Gasteiger partial charge >= 0.3 is 0 Å². The maximum Gasteiger partial charge on any atom is 0.252 e. The normalized spacial score (nSPS) is 33.4. The first-order valence-electron chi connectivity index (χ1n) is 10.2. The summed E-state index contributed by atoms with van der Waals surface area (Å²) in [6.07, 6.45) is 8.26. The zero-order valence-electron chi connectivity index (χ0n) is 15.8. The molecule has 1 aromatic carbocycles. The number of nitrogens with one attached hydrogen (secondary N) is 1. The van der Waals surface area contributed by atoms with Crippen LogP contribution in [0, 0.1) is 30.1 Å². The van der Waals surface area contributed by atoms with E-state index in [2.05, 4.69) is 17.2 Å². The monoisotopic (exact) mass is 348 g/mol. The zero-order valence-corrected chi connectivity index (χ0v) is 15.8. The lowest BCUT2D eigenvalue weighted by molar-refractivity contribution is -0.0687. The number of aromatic nitrogens is 1. The van der Waals surface area contributed by atoms with E-state index in [1.54, 1.807) is 0 Å². The van der Waals surface area contributed by atoms with Crippen LogP contribution in [0.4, 0.5) is 0 Å². The molecular formula is C23H28N2O. The van der Waals surface area contributed by atoms with Gasteiger partial charge in [0.25, 0.3) is 5.91 Å². The third-order valence-corrected chi connectivity index (χ3v) is 7.44. The van der Waals surface area contributed by atoms with Gasteiger partial charge in [-0.2, -0.15) is 0 Å². The maximum absolute atomic E-state index is 13.2. The van der Waals surface area contributed by atoms with Gasteiger partial charge in [0.2, 0.25) is 0 Å². The second-order valence-corrected chi connectivity index (χ2v) is 9.30. The van der Waals surface area contributed by atoms with Gasteiger partial charge in [0, 0.05) is 17.1 Å². The molecule has 0 unspecified atom stereocenters. The summed E-state index contributed by atoms with van der Waals surface area (Å²) < 4.78 is 0. The second kappa shape index (κ2) is 5.80. The van der Waals surface area contributed by atoms with Gasteiger partial charge in [0.15, 0.2) is 0 Å². The minimum atomic E-state index is 0.0648. The molecule has 4 bridgehead atoms. The Kier molecular flexibility index (Phi) is 3.63. The number of nitrogens with zero attached hydrogens (tertiary/aromatic N) is 1. The summed E-state index contributed by atoms with van der Waals surface area (Å²) in [7, 11) is 0. The predicted octanol–water partition coefficient (Wildman–Crippen LogP) is 4.88. The van der Waals surface area contributed by atoms with Crippen LogP contribution in [-0.4, -0.2) is 16.9 Å². The first kappa shape index (κ1) is 16.3. The topological polar surface area (TPSA) is 42.0 Å². The summed E-state index contributed by atoms with van der Waals surface area (Å²) in [5, 5.41) is 4.36. The number of hydrogen-bond acceptors (Lipinski definition) is 2. The number of aryl methyl sites for hydroxylation is 1. The average Bonchev–Trinajstić information content (AvgIpc) is 2.59. The fraction of sp³-hybridized carbons (Fsp3) is 0.565. The van der Waals surface area contributed by atoms with Crippen molar-refractivity contribution >= 4 is 16.8 Å². The van der Waals surface area contributed by atoms with E-state index < -0.39 is 0 Å². The van der Waals surface area contributed by atoms with Crippen molar-refractivity contribution in [3.05, 3.63) is 41.6 Å². The Labute approximate surface area is 155 Å². The van der Waals surface area contributed by atoms with Crippen LogP contribution in [0.5, 0.6) is 0 Å². The van der Waals surface area contributed by atoms with Crippen molar-refractivity contribution in [1.82, 2.24) is 10.3 Å².